The minimum absolute atomic E-state index is 0.0481. The molecule has 0 aliphatic rings. The Labute approximate surface area is 122 Å². The Morgan fingerprint density at radius 1 is 1.40 bits per heavy atom. The quantitative estimate of drug-likeness (QED) is 0.825. The lowest BCUT2D eigenvalue weighted by molar-refractivity contribution is -0.274. The van der Waals surface area contributed by atoms with Crippen LogP contribution in [0.25, 0.3) is 0 Å². The van der Waals surface area contributed by atoms with Crippen LogP contribution < -0.4 is 10.5 Å². The zero-order valence-electron chi connectivity index (χ0n) is 10.5. The maximum Gasteiger partial charge on any atom is 0.573 e. The van der Waals surface area contributed by atoms with Gasteiger partial charge in [-0.15, -0.1) is 13.2 Å². The van der Waals surface area contributed by atoms with E-state index in [-0.39, 0.29) is 18.8 Å². The topological polar surface area (TPSA) is 61.5 Å². The first-order valence-corrected chi connectivity index (χ1v) is 6.48. The highest BCUT2D eigenvalue weighted by atomic mass is 79.9. The fraction of sp³-hybridized carbons (Fsp3) is 0.417. The molecule has 0 amide bonds. The molecule has 0 saturated carbocycles. The van der Waals surface area contributed by atoms with Crippen LogP contribution in [-0.4, -0.2) is 25.0 Å². The molecule has 1 aromatic carbocycles. The highest BCUT2D eigenvalue weighted by Crippen LogP contribution is 2.27. The van der Waals surface area contributed by atoms with Gasteiger partial charge in [0.15, 0.2) is 0 Å². The van der Waals surface area contributed by atoms with Crippen molar-refractivity contribution in [2.24, 2.45) is 5.73 Å². The monoisotopic (exact) mass is 355 g/mol. The van der Waals surface area contributed by atoms with Crippen molar-refractivity contribution in [3.8, 4) is 5.75 Å². The van der Waals surface area contributed by atoms with Crippen molar-refractivity contribution in [3.05, 3.63) is 28.2 Å². The molecule has 0 aliphatic heterocycles. The number of rotatable bonds is 5. The van der Waals surface area contributed by atoms with Crippen molar-refractivity contribution in [2.45, 2.75) is 25.7 Å². The molecule has 2 N–H and O–H groups in total. The van der Waals surface area contributed by atoms with Crippen molar-refractivity contribution >= 4 is 21.9 Å². The summed E-state index contributed by atoms with van der Waals surface area (Å²) in [7, 11) is 0. The summed E-state index contributed by atoms with van der Waals surface area (Å²) in [5.74, 6) is -0.983. The van der Waals surface area contributed by atoms with Gasteiger partial charge in [0.1, 0.15) is 11.8 Å². The summed E-state index contributed by atoms with van der Waals surface area (Å²) in [5, 5.41) is 0. The van der Waals surface area contributed by atoms with E-state index < -0.39 is 18.4 Å². The molecule has 0 bridgehead atoms. The number of carbonyl (C=O) groups is 1. The van der Waals surface area contributed by atoms with E-state index in [1.54, 1.807) is 13.0 Å². The Bertz CT molecular complexity index is 480. The van der Waals surface area contributed by atoms with E-state index in [4.69, 9.17) is 10.5 Å². The Hall–Kier alpha value is -1.28. The second kappa shape index (κ2) is 6.94. The van der Waals surface area contributed by atoms with E-state index in [0.29, 0.717) is 10.0 Å². The van der Waals surface area contributed by atoms with Gasteiger partial charge in [-0.2, -0.15) is 0 Å². The molecular weight excluding hydrogens is 343 g/mol. The fourth-order valence-corrected chi connectivity index (χ4v) is 2.04. The average molecular weight is 356 g/mol. The van der Waals surface area contributed by atoms with Gasteiger partial charge >= 0.3 is 12.3 Å². The molecule has 0 saturated heterocycles. The molecule has 8 heteroatoms. The first-order chi connectivity index (χ1) is 9.21. The van der Waals surface area contributed by atoms with E-state index in [1.165, 1.54) is 12.1 Å². The largest absolute Gasteiger partial charge is 0.573 e. The summed E-state index contributed by atoms with van der Waals surface area (Å²) in [5.41, 5.74) is 6.04. The van der Waals surface area contributed by atoms with E-state index in [0.717, 1.165) is 0 Å². The van der Waals surface area contributed by atoms with E-state index in [2.05, 4.69) is 20.7 Å². The van der Waals surface area contributed by atoms with Crippen LogP contribution in [0.1, 0.15) is 12.5 Å². The lowest BCUT2D eigenvalue weighted by atomic mass is 10.1. The lowest BCUT2D eigenvalue weighted by Crippen LogP contribution is -2.34. The molecule has 1 atom stereocenters. The fourth-order valence-electron chi connectivity index (χ4n) is 1.52. The second-order valence-electron chi connectivity index (χ2n) is 3.91. The van der Waals surface area contributed by atoms with Crippen LogP contribution >= 0.6 is 15.9 Å². The molecule has 112 valence electrons. The number of esters is 1. The van der Waals surface area contributed by atoms with Crippen molar-refractivity contribution < 1.29 is 27.4 Å². The minimum atomic E-state index is -4.78. The third kappa shape index (κ3) is 5.79. The van der Waals surface area contributed by atoms with Crippen LogP contribution in [-0.2, 0) is 16.0 Å². The van der Waals surface area contributed by atoms with Gasteiger partial charge in [0.05, 0.1) is 6.61 Å². The second-order valence-corrected chi connectivity index (χ2v) is 4.82. The van der Waals surface area contributed by atoms with Crippen LogP contribution in [0.3, 0.4) is 0 Å². The highest BCUT2D eigenvalue weighted by Gasteiger charge is 2.31. The maximum absolute atomic E-state index is 12.2. The Morgan fingerprint density at radius 3 is 2.60 bits per heavy atom. The lowest BCUT2D eigenvalue weighted by Gasteiger charge is -2.13. The van der Waals surface area contributed by atoms with Crippen molar-refractivity contribution in [3.63, 3.8) is 0 Å². The van der Waals surface area contributed by atoms with Gasteiger partial charge < -0.3 is 15.2 Å². The number of nitrogens with two attached hydrogens (primary N) is 1. The predicted molar refractivity (Wildman–Crippen MR) is 69.1 cm³/mol. The molecule has 0 radical (unpaired) electrons. The van der Waals surface area contributed by atoms with Gasteiger partial charge in [0, 0.05) is 4.47 Å². The molecule has 1 unspecified atom stereocenters. The van der Waals surface area contributed by atoms with Gasteiger partial charge in [-0.25, -0.2) is 0 Å². The summed E-state index contributed by atoms with van der Waals surface area (Å²) in [6.07, 6.45) is -4.73. The van der Waals surface area contributed by atoms with Crippen LogP contribution in [0.2, 0.25) is 0 Å². The summed E-state index contributed by atoms with van der Waals surface area (Å²) in [6, 6.07) is 2.97. The zero-order chi connectivity index (χ0) is 15.3. The summed E-state index contributed by atoms with van der Waals surface area (Å²) >= 11 is 3.07. The van der Waals surface area contributed by atoms with Crippen LogP contribution in [0.5, 0.6) is 5.75 Å². The SMILES string of the molecule is CCOC(=O)C(N)Cc1cc(Br)cc(OC(F)(F)F)c1. The van der Waals surface area contributed by atoms with Gasteiger partial charge in [-0.1, -0.05) is 15.9 Å². The highest BCUT2D eigenvalue weighted by molar-refractivity contribution is 9.10. The first-order valence-electron chi connectivity index (χ1n) is 5.68. The number of ether oxygens (including phenoxy) is 2. The molecule has 1 aromatic rings. The van der Waals surface area contributed by atoms with Gasteiger partial charge in [0.25, 0.3) is 0 Å². The molecule has 0 fully saturated rings. The molecule has 20 heavy (non-hydrogen) atoms. The van der Waals surface area contributed by atoms with Gasteiger partial charge in [-0.3, -0.25) is 4.79 Å². The average Bonchev–Trinajstić information content (AvgIpc) is 2.25. The summed E-state index contributed by atoms with van der Waals surface area (Å²) in [6.45, 7) is 1.83. The molecule has 0 spiro atoms. The zero-order valence-corrected chi connectivity index (χ0v) is 12.1. The minimum Gasteiger partial charge on any atom is -0.465 e. The van der Waals surface area contributed by atoms with Gasteiger partial charge in [-0.05, 0) is 37.1 Å². The predicted octanol–water partition coefficient (Wildman–Crippen LogP) is 2.78. The number of alkyl halides is 3. The van der Waals surface area contributed by atoms with E-state index in [9.17, 15) is 18.0 Å². The van der Waals surface area contributed by atoms with Crippen LogP contribution in [0, 0.1) is 0 Å². The van der Waals surface area contributed by atoms with E-state index >= 15 is 0 Å². The number of halogens is 4. The maximum atomic E-state index is 12.2. The molecule has 0 aliphatic carbocycles. The summed E-state index contributed by atoms with van der Waals surface area (Å²) < 4.78 is 45.4. The summed E-state index contributed by atoms with van der Waals surface area (Å²) in [4.78, 5) is 11.4. The van der Waals surface area contributed by atoms with Crippen molar-refractivity contribution in [1.82, 2.24) is 0 Å². The molecular formula is C12H13BrF3NO3. The normalized spacial score (nSPS) is 12.9. The Kier molecular flexibility index (Phi) is 5.82. The first kappa shape index (κ1) is 16.8. The van der Waals surface area contributed by atoms with Crippen LogP contribution in [0.15, 0.2) is 22.7 Å². The smallest absolute Gasteiger partial charge is 0.465 e. The Balaban J connectivity index is 2.83. The van der Waals surface area contributed by atoms with E-state index in [1.807, 2.05) is 0 Å². The number of hydrogen-bond donors (Lipinski definition) is 1. The van der Waals surface area contributed by atoms with Crippen molar-refractivity contribution in [2.75, 3.05) is 6.61 Å². The number of carbonyl (C=O) groups excluding carboxylic acids is 1. The van der Waals surface area contributed by atoms with Crippen LogP contribution in [0.4, 0.5) is 13.2 Å². The third-order valence-corrected chi connectivity index (χ3v) is 2.67. The Morgan fingerprint density at radius 2 is 2.05 bits per heavy atom. The molecule has 1 rings (SSSR count). The molecule has 4 nitrogen and oxygen atoms in total. The molecule has 0 heterocycles. The van der Waals surface area contributed by atoms with Gasteiger partial charge in [0.2, 0.25) is 0 Å². The third-order valence-electron chi connectivity index (χ3n) is 2.21. The van der Waals surface area contributed by atoms with Crippen molar-refractivity contribution in [1.29, 1.82) is 0 Å². The molecule has 0 aromatic heterocycles. The number of hydrogen-bond acceptors (Lipinski definition) is 4. The standard InChI is InChI=1S/C12H13BrF3NO3/c1-2-19-11(18)10(17)5-7-3-8(13)6-9(4-7)20-12(14,15)16/h3-4,6,10H,2,5,17H2,1H3. The number of benzene rings is 1.